The Morgan fingerprint density at radius 3 is 1.35 bits per heavy atom. The summed E-state index contributed by atoms with van der Waals surface area (Å²) in [7, 11) is 1.18. The maximum Gasteiger partial charge on any atom is 0.306 e. The third-order valence-corrected chi connectivity index (χ3v) is 15.4. The van der Waals surface area contributed by atoms with E-state index in [9.17, 15) is 19.0 Å². The predicted molar refractivity (Wildman–Crippen MR) is 335 cm³/mol. The molecule has 0 radical (unpaired) electrons. The van der Waals surface area contributed by atoms with Gasteiger partial charge in [-0.05, 0) is 83.1 Å². The van der Waals surface area contributed by atoms with Gasteiger partial charge >= 0.3 is 5.97 Å². The van der Waals surface area contributed by atoms with Gasteiger partial charge in [0.1, 0.15) is 19.3 Å². The summed E-state index contributed by atoms with van der Waals surface area (Å²) in [5, 5.41) is 3.03. The van der Waals surface area contributed by atoms with E-state index in [0.717, 1.165) is 83.5 Å². The van der Waals surface area contributed by atoms with Crippen molar-refractivity contribution in [2.24, 2.45) is 0 Å². The normalized spacial score (nSPS) is 14.1. The number of esters is 1. The fourth-order valence-corrected chi connectivity index (χ4v) is 10.1. The van der Waals surface area contributed by atoms with Gasteiger partial charge in [0.2, 0.25) is 5.91 Å². The van der Waals surface area contributed by atoms with E-state index in [1.807, 2.05) is 33.3 Å². The molecule has 0 aliphatic carbocycles. The molecule has 0 aliphatic heterocycles. The number of unbranched alkanes of at least 4 members (excludes halogenated alkanes) is 35. The quantitative estimate of drug-likeness (QED) is 0.0161. The van der Waals surface area contributed by atoms with E-state index in [0.29, 0.717) is 17.4 Å². The lowest BCUT2D eigenvalue weighted by Gasteiger charge is -2.30. The van der Waals surface area contributed by atoms with E-state index in [1.165, 1.54) is 180 Å². The zero-order valence-electron chi connectivity index (χ0n) is 51.9. The number of quaternary nitrogens is 1. The van der Waals surface area contributed by atoms with E-state index >= 15 is 0 Å². The first-order chi connectivity index (χ1) is 37.9. The SMILES string of the molecule is CC/C=C/C=C/C=C/CCCCCCCCCC(=O)OC(/C=C\CCCCCCCCCCCC)C(COP(=O)([O-])OCC[N+](C)(C)C)NC(=O)CCCCCCCCCCCCCCCCC/C=C\C/C=C\CCCCC. The molecule has 1 N–H and O–H groups in total. The van der Waals surface area contributed by atoms with Crippen LogP contribution in [0.5, 0.6) is 0 Å². The predicted octanol–water partition coefficient (Wildman–Crippen LogP) is 19.8. The number of carbonyl (C=O) groups is 2. The fraction of sp³-hybridized carbons (Fsp3) is 0.794. The summed E-state index contributed by atoms with van der Waals surface area (Å²) in [6.07, 6.45) is 74.5. The van der Waals surface area contributed by atoms with Crippen molar-refractivity contribution in [1.29, 1.82) is 0 Å². The second-order valence-corrected chi connectivity index (χ2v) is 24.7. The molecule has 0 bridgehead atoms. The molecule has 0 aromatic heterocycles. The van der Waals surface area contributed by atoms with Crippen LogP contribution >= 0.6 is 7.82 Å². The Morgan fingerprint density at radius 2 is 0.872 bits per heavy atom. The molecule has 10 heteroatoms. The molecule has 0 fully saturated rings. The van der Waals surface area contributed by atoms with Crippen LogP contribution < -0.4 is 10.2 Å². The summed E-state index contributed by atoms with van der Waals surface area (Å²) in [5.74, 6) is -0.549. The Kier molecular flexibility index (Phi) is 55.8. The molecule has 0 rings (SSSR count). The van der Waals surface area contributed by atoms with Crippen molar-refractivity contribution in [1.82, 2.24) is 5.32 Å². The first kappa shape index (κ1) is 75.5. The number of carbonyl (C=O) groups excluding carboxylic acids is 2. The van der Waals surface area contributed by atoms with E-state index in [4.69, 9.17) is 13.8 Å². The van der Waals surface area contributed by atoms with Crippen LogP contribution in [0.1, 0.15) is 297 Å². The highest BCUT2D eigenvalue weighted by Gasteiger charge is 2.27. The van der Waals surface area contributed by atoms with Gasteiger partial charge in [-0.2, -0.15) is 0 Å². The molecule has 3 atom stereocenters. The summed E-state index contributed by atoms with van der Waals surface area (Å²) in [6.45, 7) is 6.70. The molecule has 1 amide bonds. The van der Waals surface area contributed by atoms with Crippen LogP contribution in [0.15, 0.2) is 72.9 Å². The van der Waals surface area contributed by atoms with Crippen LogP contribution in [-0.2, 0) is 27.9 Å². The summed E-state index contributed by atoms with van der Waals surface area (Å²) in [6, 6.07) is -0.895. The summed E-state index contributed by atoms with van der Waals surface area (Å²) >= 11 is 0. The summed E-state index contributed by atoms with van der Waals surface area (Å²) < 4.78 is 30.3. The maximum absolute atomic E-state index is 13.6. The monoisotopic (exact) mass is 1110 g/mol. The average molecular weight is 1110 g/mol. The van der Waals surface area contributed by atoms with Crippen molar-refractivity contribution in [3.05, 3.63) is 72.9 Å². The number of nitrogens with one attached hydrogen (secondary N) is 1. The van der Waals surface area contributed by atoms with Crippen molar-refractivity contribution in [2.45, 2.75) is 309 Å². The molecule has 0 spiro atoms. The second kappa shape index (κ2) is 57.7. The van der Waals surface area contributed by atoms with Gasteiger partial charge in [-0.25, -0.2) is 0 Å². The highest BCUT2D eigenvalue weighted by Crippen LogP contribution is 2.38. The van der Waals surface area contributed by atoms with E-state index in [1.54, 1.807) is 0 Å². The number of likely N-dealkylation sites (N-methyl/N-ethyl adjacent to an activating group) is 1. The van der Waals surface area contributed by atoms with Gasteiger partial charge in [0.05, 0.1) is 33.8 Å². The third-order valence-electron chi connectivity index (χ3n) is 14.4. The highest BCUT2D eigenvalue weighted by molar-refractivity contribution is 7.45. The molecule has 454 valence electrons. The summed E-state index contributed by atoms with van der Waals surface area (Å²) in [5.41, 5.74) is 0. The molecule has 0 heterocycles. The third kappa shape index (κ3) is 58.1. The zero-order valence-corrected chi connectivity index (χ0v) is 52.8. The number of ether oxygens (including phenoxy) is 1. The summed E-state index contributed by atoms with van der Waals surface area (Å²) in [4.78, 5) is 40.0. The van der Waals surface area contributed by atoms with Gasteiger partial charge in [-0.1, -0.05) is 274 Å². The molecule has 0 saturated heterocycles. The van der Waals surface area contributed by atoms with Gasteiger partial charge in [0.25, 0.3) is 7.82 Å². The minimum Gasteiger partial charge on any atom is -0.756 e. The van der Waals surface area contributed by atoms with E-state index in [2.05, 4.69) is 86.8 Å². The molecule has 0 aromatic rings. The molecular weight excluding hydrogens is 988 g/mol. The van der Waals surface area contributed by atoms with Crippen molar-refractivity contribution < 1.29 is 37.3 Å². The van der Waals surface area contributed by atoms with Crippen molar-refractivity contribution in [2.75, 3.05) is 40.9 Å². The number of amides is 1. The van der Waals surface area contributed by atoms with Crippen molar-refractivity contribution in [3.63, 3.8) is 0 Å². The average Bonchev–Trinajstić information content (AvgIpc) is 3.40. The molecule has 0 aliphatic rings. The Bertz CT molecular complexity index is 1570. The van der Waals surface area contributed by atoms with E-state index < -0.39 is 26.6 Å². The maximum atomic E-state index is 13.6. The minimum atomic E-state index is -4.70. The Labute approximate surface area is 483 Å². The Hall–Kier alpha value is -2.55. The molecule has 0 saturated carbocycles. The van der Waals surface area contributed by atoms with Crippen LogP contribution in [0.4, 0.5) is 0 Å². The number of rotatable bonds is 59. The number of hydrogen-bond donors (Lipinski definition) is 1. The largest absolute Gasteiger partial charge is 0.756 e. The lowest BCUT2D eigenvalue weighted by atomic mass is 10.0. The molecule has 3 unspecified atom stereocenters. The Morgan fingerprint density at radius 1 is 0.474 bits per heavy atom. The topological polar surface area (TPSA) is 114 Å². The Balaban J connectivity index is 5.09. The van der Waals surface area contributed by atoms with Crippen LogP contribution in [0.2, 0.25) is 0 Å². The van der Waals surface area contributed by atoms with Crippen LogP contribution in [0.25, 0.3) is 0 Å². The van der Waals surface area contributed by atoms with Crippen LogP contribution in [0, 0.1) is 0 Å². The number of nitrogens with zero attached hydrogens (tertiary/aromatic N) is 1. The minimum absolute atomic E-state index is 0.0257. The number of allylic oxidation sites excluding steroid dienone is 11. The smallest absolute Gasteiger partial charge is 0.306 e. The van der Waals surface area contributed by atoms with Gasteiger partial charge < -0.3 is 28.5 Å². The molecule has 9 nitrogen and oxygen atoms in total. The number of phosphoric ester groups is 1. The highest BCUT2D eigenvalue weighted by atomic mass is 31.2. The van der Waals surface area contributed by atoms with Crippen LogP contribution in [-0.4, -0.2) is 69.4 Å². The molecular formula is C68H125N2O7P. The number of phosphoric acid groups is 1. The van der Waals surface area contributed by atoms with E-state index in [-0.39, 0.29) is 24.9 Å². The van der Waals surface area contributed by atoms with Gasteiger partial charge in [-0.15, -0.1) is 0 Å². The molecule has 78 heavy (non-hydrogen) atoms. The number of hydrogen-bond acceptors (Lipinski definition) is 7. The van der Waals surface area contributed by atoms with Crippen LogP contribution in [0.3, 0.4) is 0 Å². The standard InChI is InChI=1S/C68H125N2O7P/c1-7-10-13-16-19-22-25-28-30-31-32-33-34-35-36-37-38-39-41-42-45-48-51-54-57-60-67(71)69-65(64-76-78(73,74)75-63-62-70(4,5)6)66(59-56-53-50-47-44-27-24-21-18-15-12-9-3)77-68(72)61-58-55-52-49-46-43-40-29-26-23-20-17-14-11-8-2/h11,14,17,19-20,22-23,26,28,30,56,59,65-66H,7-10,12-13,15-16,18,21,24-25,27,29,31-55,57-58,60-64H2,1-6H3,(H-,69,71,73,74)/b14-11+,20-17+,22-19-,26-23+,30-28-,59-56-. The van der Waals surface area contributed by atoms with Gasteiger partial charge in [-0.3, -0.25) is 14.2 Å². The molecule has 0 aromatic carbocycles. The van der Waals surface area contributed by atoms with Crippen molar-refractivity contribution >= 4 is 19.7 Å². The lowest BCUT2D eigenvalue weighted by Crippen LogP contribution is -2.47. The second-order valence-electron chi connectivity index (χ2n) is 23.3. The zero-order chi connectivity index (χ0) is 57.2. The first-order valence-electron chi connectivity index (χ1n) is 32.8. The van der Waals surface area contributed by atoms with Crippen molar-refractivity contribution in [3.8, 4) is 0 Å². The van der Waals surface area contributed by atoms with Gasteiger partial charge in [0.15, 0.2) is 0 Å². The fourth-order valence-electron chi connectivity index (χ4n) is 9.38. The lowest BCUT2D eigenvalue weighted by molar-refractivity contribution is -0.870. The first-order valence-corrected chi connectivity index (χ1v) is 34.2. The van der Waals surface area contributed by atoms with Gasteiger partial charge in [0, 0.05) is 12.8 Å².